The number of cyclic esters (lactones) is 1. The van der Waals surface area contributed by atoms with Gasteiger partial charge >= 0.3 is 11.9 Å². The van der Waals surface area contributed by atoms with E-state index in [4.69, 9.17) is 9.47 Å². The second-order valence-corrected chi connectivity index (χ2v) is 7.74. The summed E-state index contributed by atoms with van der Waals surface area (Å²) >= 11 is 0. The van der Waals surface area contributed by atoms with Gasteiger partial charge in [0.25, 0.3) is 0 Å². The molecule has 2 aromatic carbocycles. The van der Waals surface area contributed by atoms with Crippen LogP contribution in [0.3, 0.4) is 0 Å². The summed E-state index contributed by atoms with van der Waals surface area (Å²) in [5, 5.41) is 0. The number of rotatable bonds is 9. The number of carbonyl (C=O) groups is 3. The summed E-state index contributed by atoms with van der Waals surface area (Å²) in [4.78, 5) is 38.4. The predicted octanol–water partition coefficient (Wildman–Crippen LogP) is 4.91. The van der Waals surface area contributed by atoms with Crippen LogP contribution in [0.1, 0.15) is 61.6 Å². The molecule has 5 heteroatoms. The second-order valence-electron chi connectivity index (χ2n) is 7.74. The monoisotopic (exact) mass is 408 g/mol. The summed E-state index contributed by atoms with van der Waals surface area (Å²) in [5.41, 5.74) is 1.41. The van der Waals surface area contributed by atoms with Crippen LogP contribution in [0.15, 0.2) is 60.7 Å². The molecule has 1 aliphatic rings. The Labute approximate surface area is 177 Å². The average molecular weight is 408 g/mol. The molecule has 0 aromatic heterocycles. The van der Waals surface area contributed by atoms with Gasteiger partial charge in [-0.3, -0.25) is 14.4 Å². The van der Waals surface area contributed by atoms with Crippen LogP contribution in [0.5, 0.6) is 0 Å². The zero-order chi connectivity index (χ0) is 21.5. The van der Waals surface area contributed by atoms with Gasteiger partial charge < -0.3 is 9.47 Å². The molecule has 0 amide bonds. The fourth-order valence-corrected chi connectivity index (χ4v) is 3.89. The number of Topliss-reactive ketones (excluding diaryl/α,β-unsaturated/α-hetero) is 1. The molecule has 0 saturated carbocycles. The molecular formula is C25H28O5. The van der Waals surface area contributed by atoms with Gasteiger partial charge in [0, 0.05) is 17.9 Å². The van der Waals surface area contributed by atoms with Crippen molar-refractivity contribution >= 4 is 17.7 Å². The summed E-state index contributed by atoms with van der Waals surface area (Å²) in [6.07, 6.45) is 1.56. The van der Waals surface area contributed by atoms with Crippen LogP contribution in [0.25, 0.3) is 0 Å². The Morgan fingerprint density at radius 1 is 1.03 bits per heavy atom. The number of ether oxygens (including phenoxy) is 2. The van der Waals surface area contributed by atoms with Crippen LogP contribution < -0.4 is 0 Å². The Hall–Kier alpha value is -2.95. The number of hydrogen-bond acceptors (Lipinski definition) is 5. The molecule has 1 saturated heterocycles. The third-order valence-corrected chi connectivity index (χ3v) is 5.60. The van der Waals surface area contributed by atoms with E-state index in [9.17, 15) is 14.4 Å². The highest BCUT2D eigenvalue weighted by Crippen LogP contribution is 2.36. The van der Waals surface area contributed by atoms with E-state index in [1.54, 1.807) is 31.2 Å². The van der Waals surface area contributed by atoms with Crippen molar-refractivity contribution in [3.05, 3.63) is 71.8 Å². The van der Waals surface area contributed by atoms with Gasteiger partial charge in [-0.2, -0.15) is 0 Å². The van der Waals surface area contributed by atoms with Gasteiger partial charge in [-0.1, -0.05) is 80.4 Å². The smallest absolute Gasteiger partial charge is 0.321 e. The summed E-state index contributed by atoms with van der Waals surface area (Å²) < 4.78 is 11.2. The van der Waals surface area contributed by atoms with E-state index in [2.05, 4.69) is 0 Å². The summed E-state index contributed by atoms with van der Waals surface area (Å²) in [6, 6.07) is 18.3. The molecule has 0 radical (unpaired) electrons. The molecule has 0 bridgehead atoms. The third kappa shape index (κ3) is 5.15. The molecular weight excluding hydrogens is 380 g/mol. The van der Waals surface area contributed by atoms with Gasteiger partial charge in [0.05, 0.1) is 0 Å². The van der Waals surface area contributed by atoms with E-state index in [0.717, 1.165) is 18.4 Å². The van der Waals surface area contributed by atoms with Crippen molar-refractivity contribution < 1.29 is 23.9 Å². The first-order valence-corrected chi connectivity index (χ1v) is 10.6. The SMILES string of the molecule is CCCC[C@H]1OC(=O)[C@H](C(=O)O[C@H](C)c2ccccc2)[C@H]1CC(=O)c1ccccc1. The van der Waals surface area contributed by atoms with Crippen molar-refractivity contribution in [2.75, 3.05) is 0 Å². The number of benzene rings is 2. The molecule has 0 unspecified atom stereocenters. The van der Waals surface area contributed by atoms with Gasteiger partial charge in [0.1, 0.15) is 12.2 Å². The van der Waals surface area contributed by atoms with Gasteiger partial charge in [-0.15, -0.1) is 0 Å². The van der Waals surface area contributed by atoms with Crippen LogP contribution in [0.2, 0.25) is 0 Å². The maximum absolute atomic E-state index is 13.0. The molecule has 0 N–H and O–H groups in total. The van der Waals surface area contributed by atoms with Crippen molar-refractivity contribution in [2.24, 2.45) is 11.8 Å². The van der Waals surface area contributed by atoms with Crippen LogP contribution >= 0.6 is 0 Å². The molecule has 4 atom stereocenters. The van der Waals surface area contributed by atoms with E-state index in [1.165, 1.54) is 0 Å². The molecule has 0 aliphatic carbocycles. The lowest BCUT2D eigenvalue weighted by atomic mass is 9.83. The summed E-state index contributed by atoms with van der Waals surface area (Å²) in [6.45, 7) is 3.82. The quantitative estimate of drug-likeness (QED) is 0.335. The zero-order valence-electron chi connectivity index (χ0n) is 17.5. The van der Waals surface area contributed by atoms with Crippen molar-refractivity contribution in [3.63, 3.8) is 0 Å². The van der Waals surface area contributed by atoms with Crippen molar-refractivity contribution in [2.45, 2.75) is 51.7 Å². The summed E-state index contributed by atoms with van der Waals surface area (Å²) in [5.74, 6) is -2.92. The Balaban J connectivity index is 1.77. The van der Waals surface area contributed by atoms with E-state index in [-0.39, 0.29) is 12.2 Å². The number of carbonyl (C=O) groups excluding carboxylic acids is 3. The first kappa shape index (κ1) is 21.8. The highest BCUT2D eigenvalue weighted by Gasteiger charge is 2.50. The van der Waals surface area contributed by atoms with Gasteiger partial charge in [-0.05, 0) is 18.9 Å². The maximum atomic E-state index is 13.0. The van der Waals surface area contributed by atoms with Crippen LogP contribution in [0, 0.1) is 11.8 Å². The Kier molecular flexibility index (Phi) is 7.39. The minimum atomic E-state index is -1.08. The Morgan fingerprint density at radius 2 is 1.67 bits per heavy atom. The van der Waals surface area contributed by atoms with Gasteiger partial charge in [0.15, 0.2) is 11.7 Å². The third-order valence-electron chi connectivity index (χ3n) is 5.60. The fraction of sp³-hybridized carbons (Fsp3) is 0.400. The molecule has 158 valence electrons. The number of esters is 2. The highest BCUT2D eigenvalue weighted by molar-refractivity contribution is 6.00. The first-order chi connectivity index (χ1) is 14.5. The van der Waals surface area contributed by atoms with Gasteiger partial charge in [-0.25, -0.2) is 0 Å². The number of hydrogen-bond donors (Lipinski definition) is 0. The Bertz CT molecular complexity index is 862. The molecule has 0 spiro atoms. The lowest BCUT2D eigenvalue weighted by molar-refractivity contribution is -0.160. The first-order valence-electron chi connectivity index (χ1n) is 10.6. The average Bonchev–Trinajstić information content (AvgIpc) is 3.08. The minimum Gasteiger partial charge on any atom is -0.461 e. The molecule has 2 aromatic rings. The van der Waals surface area contributed by atoms with Crippen LogP contribution in [0.4, 0.5) is 0 Å². The lowest BCUT2D eigenvalue weighted by Gasteiger charge is -2.21. The van der Waals surface area contributed by atoms with Crippen molar-refractivity contribution in [1.82, 2.24) is 0 Å². The van der Waals surface area contributed by atoms with Crippen molar-refractivity contribution in [3.8, 4) is 0 Å². The van der Waals surface area contributed by atoms with Crippen molar-refractivity contribution in [1.29, 1.82) is 0 Å². The predicted molar refractivity (Wildman–Crippen MR) is 113 cm³/mol. The van der Waals surface area contributed by atoms with Crippen LogP contribution in [-0.4, -0.2) is 23.8 Å². The van der Waals surface area contributed by atoms with E-state index in [0.29, 0.717) is 12.0 Å². The fourth-order valence-electron chi connectivity index (χ4n) is 3.89. The Morgan fingerprint density at radius 3 is 2.30 bits per heavy atom. The summed E-state index contributed by atoms with van der Waals surface area (Å²) in [7, 11) is 0. The topological polar surface area (TPSA) is 69.7 Å². The highest BCUT2D eigenvalue weighted by atomic mass is 16.6. The number of ketones is 1. The largest absolute Gasteiger partial charge is 0.461 e. The van der Waals surface area contributed by atoms with Gasteiger partial charge in [0.2, 0.25) is 0 Å². The minimum absolute atomic E-state index is 0.0730. The molecule has 5 nitrogen and oxygen atoms in total. The molecule has 1 aliphatic heterocycles. The lowest BCUT2D eigenvalue weighted by Crippen LogP contribution is -2.32. The van der Waals surface area contributed by atoms with E-state index < -0.39 is 36.0 Å². The normalized spacial score (nSPS) is 21.7. The maximum Gasteiger partial charge on any atom is 0.321 e. The molecule has 1 heterocycles. The standard InChI is InChI=1S/C25H28O5/c1-3-4-15-22-20(16-21(26)19-13-9-6-10-14-19)23(25(28)30-22)24(27)29-17(2)18-11-7-5-8-12-18/h5-14,17,20,22-23H,3-4,15-16H2,1-2H3/t17-,20+,22-,23+/m1/s1. The molecule has 30 heavy (non-hydrogen) atoms. The number of unbranched alkanes of at least 4 members (excludes halogenated alkanes) is 1. The molecule has 3 rings (SSSR count). The van der Waals surface area contributed by atoms with E-state index in [1.807, 2.05) is 43.3 Å². The van der Waals surface area contributed by atoms with E-state index >= 15 is 0 Å². The zero-order valence-corrected chi connectivity index (χ0v) is 17.5. The molecule has 1 fully saturated rings. The van der Waals surface area contributed by atoms with Crippen LogP contribution in [-0.2, 0) is 19.1 Å². The second kappa shape index (κ2) is 10.2.